The first-order valence-corrected chi connectivity index (χ1v) is 9.47. The Morgan fingerprint density at radius 2 is 2.11 bits per heavy atom. The topological polar surface area (TPSA) is 87.7 Å². The second kappa shape index (κ2) is 6.46. The fourth-order valence-corrected chi connectivity index (χ4v) is 4.37. The van der Waals surface area contributed by atoms with Crippen LogP contribution >= 0.6 is 27.3 Å². The summed E-state index contributed by atoms with van der Waals surface area (Å²) in [5.74, 6) is 0.820. The van der Waals surface area contributed by atoms with Gasteiger partial charge in [-0.2, -0.15) is 0 Å². The molecular formula is C17H14BrN5O3S. The molecule has 2 aromatic heterocycles. The summed E-state index contributed by atoms with van der Waals surface area (Å²) in [6.07, 6.45) is 1.39. The van der Waals surface area contributed by atoms with Crippen LogP contribution < -0.4 is 15.0 Å². The molecule has 0 radical (unpaired) electrons. The number of benzene rings is 1. The average Bonchev–Trinajstić information content (AvgIpc) is 3.01. The van der Waals surface area contributed by atoms with E-state index in [0.717, 1.165) is 4.47 Å². The lowest BCUT2D eigenvalue weighted by Gasteiger charge is -2.27. The molecule has 0 atom stereocenters. The van der Waals surface area contributed by atoms with Crippen LogP contribution in [0.3, 0.4) is 0 Å². The second-order valence-electron chi connectivity index (χ2n) is 5.97. The highest BCUT2D eigenvalue weighted by Gasteiger charge is 2.34. The van der Waals surface area contributed by atoms with Crippen LogP contribution in [0, 0.1) is 0 Å². The van der Waals surface area contributed by atoms with Gasteiger partial charge in [0.1, 0.15) is 21.8 Å². The van der Waals surface area contributed by atoms with Gasteiger partial charge in [0, 0.05) is 20.2 Å². The van der Waals surface area contributed by atoms with E-state index in [1.165, 1.54) is 27.5 Å². The number of carbonyl (C=O) groups excluding carboxylic acids is 2. The molecule has 10 heteroatoms. The van der Waals surface area contributed by atoms with Crippen molar-refractivity contribution < 1.29 is 14.3 Å². The van der Waals surface area contributed by atoms with Crippen LogP contribution in [0.1, 0.15) is 9.67 Å². The number of hydrogen-bond donors (Lipinski definition) is 1. The van der Waals surface area contributed by atoms with E-state index in [4.69, 9.17) is 4.74 Å². The molecule has 3 amide bonds. The van der Waals surface area contributed by atoms with E-state index < -0.39 is 6.03 Å². The Kier molecular flexibility index (Phi) is 4.23. The number of aromatic nitrogens is 2. The van der Waals surface area contributed by atoms with E-state index >= 15 is 0 Å². The molecule has 0 bridgehead atoms. The van der Waals surface area contributed by atoms with Crippen LogP contribution in [0.2, 0.25) is 0 Å². The Labute approximate surface area is 166 Å². The Morgan fingerprint density at radius 3 is 2.81 bits per heavy atom. The van der Waals surface area contributed by atoms with Gasteiger partial charge in [0.25, 0.3) is 5.91 Å². The van der Waals surface area contributed by atoms with Crippen LogP contribution in [0.5, 0.6) is 5.75 Å². The second-order valence-corrected chi connectivity index (χ2v) is 7.82. The summed E-state index contributed by atoms with van der Waals surface area (Å²) >= 11 is 4.64. The highest BCUT2D eigenvalue weighted by molar-refractivity contribution is 9.10. The van der Waals surface area contributed by atoms with Gasteiger partial charge in [-0.15, -0.1) is 11.3 Å². The number of hydrogen-bond acceptors (Lipinski definition) is 6. The maximum atomic E-state index is 12.9. The maximum absolute atomic E-state index is 12.9. The Hall–Kier alpha value is -2.72. The normalized spacial score (nSPS) is 12.9. The highest BCUT2D eigenvalue weighted by atomic mass is 79.9. The minimum Gasteiger partial charge on any atom is -0.495 e. The van der Waals surface area contributed by atoms with Crippen molar-refractivity contribution in [3.63, 3.8) is 0 Å². The number of nitrogens with one attached hydrogen (secondary N) is 1. The molecule has 4 rings (SSSR count). The minimum absolute atomic E-state index is 0.196. The predicted molar refractivity (Wildman–Crippen MR) is 107 cm³/mol. The van der Waals surface area contributed by atoms with Gasteiger partial charge < -0.3 is 15.0 Å². The molecule has 0 fully saturated rings. The highest BCUT2D eigenvalue weighted by Crippen LogP contribution is 2.45. The lowest BCUT2D eigenvalue weighted by molar-refractivity contribution is 0.0833. The SMILES string of the molecule is COc1cc(N2C(=O)Nc3c(C(=O)N(C)C)sc4ncnc2c34)ccc1Br. The molecular weight excluding hydrogens is 434 g/mol. The van der Waals surface area contributed by atoms with Gasteiger partial charge >= 0.3 is 6.03 Å². The van der Waals surface area contributed by atoms with Crippen molar-refractivity contribution in [2.45, 2.75) is 0 Å². The molecule has 27 heavy (non-hydrogen) atoms. The van der Waals surface area contributed by atoms with Crippen molar-refractivity contribution in [1.82, 2.24) is 14.9 Å². The summed E-state index contributed by atoms with van der Waals surface area (Å²) < 4.78 is 6.10. The number of ether oxygens (including phenoxy) is 1. The van der Waals surface area contributed by atoms with Crippen LogP contribution in [0.15, 0.2) is 29.0 Å². The molecule has 0 saturated heterocycles. The lowest BCUT2D eigenvalue weighted by Crippen LogP contribution is -2.35. The molecule has 1 aliphatic heterocycles. The molecule has 0 unspecified atom stereocenters. The van der Waals surface area contributed by atoms with E-state index in [-0.39, 0.29) is 5.91 Å². The quantitative estimate of drug-likeness (QED) is 0.658. The van der Waals surface area contributed by atoms with Gasteiger partial charge in [-0.3, -0.25) is 4.79 Å². The van der Waals surface area contributed by atoms with Crippen molar-refractivity contribution >= 4 is 66.6 Å². The number of anilines is 3. The van der Waals surface area contributed by atoms with E-state index in [1.807, 2.05) is 0 Å². The van der Waals surface area contributed by atoms with E-state index in [2.05, 4.69) is 31.2 Å². The maximum Gasteiger partial charge on any atom is 0.332 e. The van der Waals surface area contributed by atoms with Crippen LogP contribution in [0.4, 0.5) is 22.0 Å². The fraction of sp³-hybridized carbons (Fsp3) is 0.176. The summed E-state index contributed by atoms with van der Waals surface area (Å²) in [5, 5.41) is 3.47. The van der Waals surface area contributed by atoms with Crippen LogP contribution in [-0.4, -0.2) is 48.0 Å². The van der Waals surface area contributed by atoms with Crippen molar-refractivity contribution in [2.75, 3.05) is 31.4 Å². The average molecular weight is 448 g/mol. The van der Waals surface area contributed by atoms with Crippen molar-refractivity contribution in [3.8, 4) is 5.75 Å². The number of carbonyl (C=O) groups is 2. The lowest BCUT2D eigenvalue weighted by atomic mass is 10.2. The standard InChI is InChI=1S/C17H14BrN5O3S/c1-22(2)16(24)13-12-11-14(19-7-20-15(11)27-13)23(17(25)21-12)8-4-5-9(18)10(6-8)26-3/h4-7H,1-3H3,(H,21,25). The number of urea groups is 1. The molecule has 0 saturated carbocycles. The third-order valence-electron chi connectivity index (χ3n) is 4.11. The van der Waals surface area contributed by atoms with Gasteiger partial charge in [-0.05, 0) is 28.1 Å². The molecule has 3 heterocycles. The molecule has 1 N–H and O–H groups in total. The van der Waals surface area contributed by atoms with E-state index in [1.54, 1.807) is 39.4 Å². The zero-order valence-corrected chi connectivity index (χ0v) is 17.0. The Balaban J connectivity index is 1.94. The number of halogens is 1. The number of methoxy groups -OCH3 is 1. The summed E-state index contributed by atoms with van der Waals surface area (Å²) in [6.45, 7) is 0. The number of thiophene rings is 1. The van der Waals surface area contributed by atoms with Crippen LogP contribution in [0.25, 0.3) is 10.2 Å². The summed E-state index contributed by atoms with van der Waals surface area (Å²) in [5.41, 5.74) is 1.04. The number of rotatable bonds is 3. The smallest absolute Gasteiger partial charge is 0.332 e. The van der Waals surface area contributed by atoms with Gasteiger partial charge in [-0.25, -0.2) is 19.7 Å². The zero-order valence-electron chi connectivity index (χ0n) is 14.6. The molecule has 0 aliphatic carbocycles. The molecule has 3 aromatic rings. The first kappa shape index (κ1) is 17.7. The summed E-state index contributed by atoms with van der Waals surface area (Å²) in [4.78, 5) is 38.0. The number of nitrogens with zero attached hydrogens (tertiary/aromatic N) is 4. The molecule has 1 aliphatic rings. The van der Waals surface area contributed by atoms with E-state index in [9.17, 15) is 9.59 Å². The largest absolute Gasteiger partial charge is 0.495 e. The predicted octanol–water partition coefficient (Wildman–Crippen LogP) is 3.85. The molecule has 0 spiro atoms. The van der Waals surface area contributed by atoms with Crippen LogP contribution in [-0.2, 0) is 0 Å². The van der Waals surface area contributed by atoms with Gasteiger partial charge in [0.2, 0.25) is 0 Å². The molecule has 138 valence electrons. The first-order valence-electron chi connectivity index (χ1n) is 7.86. The van der Waals surface area contributed by atoms with Gasteiger partial charge in [0.05, 0.1) is 28.3 Å². The third kappa shape index (κ3) is 2.72. The fourth-order valence-electron chi connectivity index (χ4n) is 2.85. The Morgan fingerprint density at radius 1 is 1.33 bits per heavy atom. The first-order chi connectivity index (χ1) is 12.9. The zero-order chi connectivity index (χ0) is 19.3. The van der Waals surface area contributed by atoms with Crippen molar-refractivity contribution in [1.29, 1.82) is 0 Å². The summed E-state index contributed by atoms with van der Waals surface area (Å²) in [6, 6.07) is 4.91. The molecule has 8 nitrogen and oxygen atoms in total. The number of amides is 3. The van der Waals surface area contributed by atoms with Gasteiger partial charge in [0.15, 0.2) is 5.82 Å². The monoisotopic (exact) mass is 447 g/mol. The van der Waals surface area contributed by atoms with Crippen molar-refractivity contribution in [2.24, 2.45) is 0 Å². The third-order valence-corrected chi connectivity index (χ3v) is 5.85. The minimum atomic E-state index is -0.405. The Bertz CT molecular complexity index is 1100. The van der Waals surface area contributed by atoms with Gasteiger partial charge in [-0.1, -0.05) is 0 Å². The summed E-state index contributed by atoms with van der Waals surface area (Å²) in [7, 11) is 4.88. The van der Waals surface area contributed by atoms with E-state index in [0.29, 0.717) is 38.0 Å². The van der Waals surface area contributed by atoms with Crippen molar-refractivity contribution in [3.05, 3.63) is 33.9 Å². The molecule has 1 aromatic carbocycles.